The van der Waals surface area contributed by atoms with E-state index < -0.39 is 34.8 Å². The van der Waals surface area contributed by atoms with Crippen molar-refractivity contribution < 1.29 is 31.5 Å². The first-order valence-electron chi connectivity index (χ1n) is 8.46. The number of carbonyl (C=O) groups is 1. The molecule has 156 valence electrons. The lowest BCUT2D eigenvalue weighted by molar-refractivity contribution is -0.137. The average molecular weight is 486 g/mol. The highest BCUT2D eigenvalue weighted by Gasteiger charge is 2.32. The van der Waals surface area contributed by atoms with Gasteiger partial charge in [-0.25, -0.2) is 8.78 Å². The zero-order chi connectivity index (χ0) is 22.1. The molecule has 0 saturated heterocycles. The van der Waals surface area contributed by atoms with Gasteiger partial charge in [0.1, 0.15) is 23.1 Å². The number of anilines is 1. The molecule has 0 bridgehead atoms. The Morgan fingerprint density at radius 2 is 1.67 bits per heavy atom. The van der Waals surface area contributed by atoms with E-state index in [0.717, 1.165) is 24.3 Å². The van der Waals surface area contributed by atoms with Crippen LogP contribution in [0.3, 0.4) is 0 Å². The molecule has 1 N–H and O–H groups in total. The maximum atomic E-state index is 13.4. The summed E-state index contributed by atoms with van der Waals surface area (Å²) in [6.45, 7) is 1.55. The highest BCUT2D eigenvalue weighted by molar-refractivity contribution is 9.10. The van der Waals surface area contributed by atoms with Crippen LogP contribution in [0.4, 0.5) is 27.6 Å². The van der Waals surface area contributed by atoms with Crippen molar-refractivity contribution in [3.63, 3.8) is 0 Å². The molecule has 0 aliphatic heterocycles. The number of hydrogen-bond acceptors (Lipinski definition) is 2. The van der Waals surface area contributed by atoms with Crippen LogP contribution in [0, 0.1) is 18.6 Å². The van der Waals surface area contributed by atoms with Crippen LogP contribution in [0.25, 0.3) is 0 Å². The molecule has 3 aromatic carbocycles. The van der Waals surface area contributed by atoms with Crippen molar-refractivity contribution in [2.45, 2.75) is 13.1 Å². The number of alkyl halides is 3. The third-order valence-electron chi connectivity index (χ3n) is 4.09. The fourth-order valence-corrected chi connectivity index (χ4v) is 2.97. The molecule has 1 amide bonds. The summed E-state index contributed by atoms with van der Waals surface area (Å²) in [6.07, 6.45) is -4.68. The summed E-state index contributed by atoms with van der Waals surface area (Å²) in [5.41, 5.74) is -0.886. The van der Waals surface area contributed by atoms with Gasteiger partial charge in [0, 0.05) is 5.69 Å². The van der Waals surface area contributed by atoms with Crippen LogP contribution >= 0.6 is 15.9 Å². The summed E-state index contributed by atoms with van der Waals surface area (Å²) in [6, 6.07) is 9.69. The summed E-state index contributed by atoms with van der Waals surface area (Å²) in [7, 11) is 0. The Morgan fingerprint density at radius 1 is 0.967 bits per heavy atom. The zero-order valence-corrected chi connectivity index (χ0v) is 16.9. The van der Waals surface area contributed by atoms with Gasteiger partial charge < -0.3 is 10.1 Å². The number of carbonyl (C=O) groups excluding carboxylic acids is 1. The van der Waals surface area contributed by atoms with Gasteiger partial charge in [-0.2, -0.15) is 13.2 Å². The van der Waals surface area contributed by atoms with Crippen molar-refractivity contribution in [2.75, 3.05) is 5.32 Å². The summed E-state index contributed by atoms with van der Waals surface area (Å²) in [5, 5.41) is 2.41. The highest BCUT2D eigenvalue weighted by atomic mass is 79.9. The molecular formula is C21H13BrF5NO2. The van der Waals surface area contributed by atoms with Crippen LogP contribution < -0.4 is 10.1 Å². The fraction of sp³-hybridized carbons (Fsp3) is 0.0952. The molecular weight excluding hydrogens is 473 g/mol. The zero-order valence-electron chi connectivity index (χ0n) is 15.3. The summed E-state index contributed by atoms with van der Waals surface area (Å²) < 4.78 is 71.8. The minimum atomic E-state index is -4.68. The molecule has 0 radical (unpaired) electrons. The van der Waals surface area contributed by atoms with E-state index in [1.165, 1.54) is 24.3 Å². The molecule has 0 saturated carbocycles. The lowest BCUT2D eigenvalue weighted by Gasteiger charge is -2.15. The topological polar surface area (TPSA) is 38.3 Å². The maximum Gasteiger partial charge on any atom is 0.416 e. The Morgan fingerprint density at radius 3 is 2.30 bits per heavy atom. The minimum Gasteiger partial charge on any atom is -0.456 e. The number of rotatable bonds is 4. The van der Waals surface area contributed by atoms with Gasteiger partial charge in [0.15, 0.2) is 0 Å². The van der Waals surface area contributed by atoms with Crippen molar-refractivity contribution in [3.05, 3.63) is 87.4 Å². The van der Waals surface area contributed by atoms with E-state index in [4.69, 9.17) is 4.74 Å². The minimum absolute atomic E-state index is 0.0720. The van der Waals surface area contributed by atoms with Gasteiger partial charge in [-0.3, -0.25) is 4.79 Å². The Kier molecular flexibility index (Phi) is 6.12. The van der Waals surface area contributed by atoms with Gasteiger partial charge in [-0.15, -0.1) is 0 Å². The quantitative estimate of drug-likeness (QED) is 0.400. The van der Waals surface area contributed by atoms with E-state index in [1.54, 1.807) is 6.92 Å². The molecule has 0 aliphatic carbocycles. The van der Waals surface area contributed by atoms with E-state index in [2.05, 4.69) is 21.2 Å². The van der Waals surface area contributed by atoms with Crippen LogP contribution in [-0.2, 0) is 6.18 Å². The molecule has 0 unspecified atom stereocenters. The van der Waals surface area contributed by atoms with E-state index in [0.29, 0.717) is 11.6 Å². The smallest absolute Gasteiger partial charge is 0.416 e. The SMILES string of the molecule is Cc1cc(F)ccc1Oc1ccc(C(F)(F)F)cc1C(=O)Nc1ccc(F)c(Br)c1. The average Bonchev–Trinajstić information content (AvgIpc) is 2.66. The van der Waals surface area contributed by atoms with E-state index in [1.807, 2.05) is 0 Å². The van der Waals surface area contributed by atoms with Gasteiger partial charge in [0.2, 0.25) is 0 Å². The predicted octanol–water partition coefficient (Wildman–Crippen LogP) is 7.10. The molecule has 0 aromatic heterocycles. The molecule has 0 heterocycles. The van der Waals surface area contributed by atoms with Crippen molar-refractivity contribution in [2.24, 2.45) is 0 Å². The van der Waals surface area contributed by atoms with E-state index in [9.17, 15) is 26.7 Å². The first-order valence-corrected chi connectivity index (χ1v) is 9.25. The van der Waals surface area contributed by atoms with Crippen LogP contribution in [0.2, 0.25) is 0 Å². The Bertz CT molecular complexity index is 1120. The molecule has 0 atom stereocenters. The predicted molar refractivity (Wildman–Crippen MR) is 105 cm³/mol. The number of halogens is 6. The van der Waals surface area contributed by atoms with Gasteiger partial charge in [0.25, 0.3) is 5.91 Å². The second kappa shape index (κ2) is 8.43. The highest BCUT2D eigenvalue weighted by Crippen LogP contribution is 2.35. The van der Waals surface area contributed by atoms with Gasteiger partial charge in [0.05, 0.1) is 15.6 Å². The van der Waals surface area contributed by atoms with Gasteiger partial charge in [-0.1, -0.05) is 0 Å². The van der Waals surface area contributed by atoms with Crippen molar-refractivity contribution in [1.29, 1.82) is 0 Å². The monoisotopic (exact) mass is 485 g/mol. The molecule has 3 aromatic rings. The summed E-state index contributed by atoms with van der Waals surface area (Å²) in [4.78, 5) is 12.7. The summed E-state index contributed by atoms with van der Waals surface area (Å²) >= 11 is 2.97. The fourth-order valence-electron chi connectivity index (χ4n) is 2.59. The third kappa shape index (κ3) is 4.96. The summed E-state index contributed by atoms with van der Waals surface area (Å²) in [5.74, 6) is -1.95. The Hall–Kier alpha value is -2.94. The first kappa shape index (κ1) is 21.8. The number of aryl methyl sites for hydroxylation is 1. The number of benzene rings is 3. The number of ether oxygens (including phenoxy) is 1. The van der Waals surface area contributed by atoms with Crippen LogP contribution in [0.5, 0.6) is 11.5 Å². The van der Waals surface area contributed by atoms with Crippen molar-refractivity contribution in [3.8, 4) is 11.5 Å². The number of nitrogens with one attached hydrogen (secondary N) is 1. The Balaban J connectivity index is 2.00. The Labute approximate surface area is 176 Å². The standard InChI is InChI=1S/C21H13BrF5NO2/c1-11-8-13(23)3-7-18(11)30-19-6-2-12(21(25,26)27)9-15(19)20(29)28-14-4-5-17(24)16(22)10-14/h2-10H,1H3,(H,28,29). The molecule has 30 heavy (non-hydrogen) atoms. The maximum absolute atomic E-state index is 13.4. The van der Waals surface area contributed by atoms with Crippen molar-refractivity contribution in [1.82, 2.24) is 0 Å². The number of amides is 1. The lowest BCUT2D eigenvalue weighted by Crippen LogP contribution is -2.15. The molecule has 9 heteroatoms. The third-order valence-corrected chi connectivity index (χ3v) is 4.69. The largest absolute Gasteiger partial charge is 0.456 e. The van der Waals surface area contributed by atoms with E-state index in [-0.39, 0.29) is 21.7 Å². The second-order valence-electron chi connectivity index (χ2n) is 6.30. The molecule has 3 rings (SSSR count). The number of hydrogen-bond donors (Lipinski definition) is 1. The molecule has 0 fully saturated rings. The van der Waals surface area contributed by atoms with Crippen LogP contribution in [-0.4, -0.2) is 5.91 Å². The van der Waals surface area contributed by atoms with Crippen LogP contribution in [0.1, 0.15) is 21.5 Å². The molecule has 0 aliphatic rings. The van der Waals surface area contributed by atoms with Crippen molar-refractivity contribution >= 4 is 27.5 Å². The normalized spacial score (nSPS) is 11.3. The molecule has 0 spiro atoms. The molecule has 3 nitrogen and oxygen atoms in total. The van der Waals surface area contributed by atoms with Gasteiger partial charge >= 0.3 is 6.18 Å². The van der Waals surface area contributed by atoms with Crippen LogP contribution in [0.15, 0.2) is 59.1 Å². The first-order chi connectivity index (χ1) is 14.0. The van der Waals surface area contributed by atoms with Gasteiger partial charge in [-0.05, 0) is 83.0 Å². The van der Waals surface area contributed by atoms with E-state index >= 15 is 0 Å². The second-order valence-corrected chi connectivity index (χ2v) is 7.16. The lowest BCUT2D eigenvalue weighted by atomic mass is 10.1.